The fourth-order valence-corrected chi connectivity index (χ4v) is 1.81. The van der Waals surface area contributed by atoms with Gasteiger partial charge in [0, 0.05) is 13.0 Å². The Morgan fingerprint density at radius 3 is 2.04 bits per heavy atom. The summed E-state index contributed by atoms with van der Waals surface area (Å²) in [7, 11) is 0. The number of hydrogen-bond acceptors (Lipinski definition) is 5. The van der Waals surface area contributed by atoms with Crippen LogP contribution in [0, 0.1) is 0 Å². The minimum absolute atomic E-state index is 0.618. The molecule has 1 aliphatic rings. The van der Waals surface area contributed by atoms with Gasteiger partial charge in [0.25, 0.3) is 0 Å². The van der Waals surface area contributed by atoms with Gasteiger partial charge >= 0.3 is 24.2 Å². The lowest BCUT2D eigenvalue weighted by Gasteiger charge is -2.37. The van der Waals surface area contributed by atoms with Crippen molar-refractivity contribution < 1.29 is 50.9 Å². The molecule has 2 amide bonds. The molecule has 0 aromatic heterocycles. The summed E-state index contributed by atoms with van der Waals surface area (Å²) in [6, 6.07) is -1.62. The Morgan fingerprint density at radius 1 is 1.04 bits per heavy atom. The monoisotopic (exact) mass is 354 g/mol. The maximum Gasteiger partial charge on any atom is 0.471 e. The minimum Gasteiger partial charge on any atom is -0.388 e. The Hall–Kier alpha value is -1.60. The molecule has 1 rings (SSSR count). The number of hydrogen-bond donors (Lipinski definition) is 4. The molecule has 0 aromatic carbocycles. The van der Waals surface area contributed by atoms with Gasteiger partial charge in [0.05, 0.1) is 6.04 Å². The molecule has 13 heteroatoms. The molecule has 0 spiro atoms. The molecule has 23 heavy (non-hydrogen) atoms. The van der Waals surface area contributed by atoms with Gasteiger partial charge in [0.15, 0.2) is 6.29 Å². The summed E-state index contributed by atoms with van der Waals surface area (Å²) in [4.78, 5) is 21.4. The van der Waals surface area contributed by atoms with Crippen molar-refractivity contribution in [3.63, 3.8) is 0 Å². The number of aliphatic hydroxyl groups excluding tert-OH is 2. The van der Waals surface area contributed by atoms with Crippen molar-refractivity contribution in [3.8, 4) is 0 Å². The summed E-state index contributed by atoms with van der Waals surface area (Å²) in [6.45, 7) is -0.936. The quantitative estimate of drug-likeness (QED) is 0.496. The molecular formula is C10H12F6N2O5. The van der Waals surface area contributed by atoms with E-state index in [1.807, 2.05) is 0 Å². The molecule has 0 unspecified atom stereocenters. The highest BCUT2D eigenvalue weighted by Gasteiger charge is 2.45. The van der Waals surface area contributed by atoms with Gasteiger partial charge in [-0.15, -0.1) is 0 Å². The average molecular weight is 354 g/mol. The molecule has 1 saturated heterocycles. The summed E-state index contributed by atoms with van der Waals surface area (Å²) in [5, 5.41) is 21.8. The molecule has 0 aliphatic carbocycles. The Labute approximate surface area is 124 Å². The van der Waals surface area contributed by atoms with Crippen LogP contribution < -0.4 is 10.6 Å². The Kier molecular flexibility index (Phi) is 5.82. The summed E-state index contributed by atoms with van der Waals surface area (Å²) < 4.78 is 77.1. The number of halogens is 6. The highest BCUT2D eigenvalue weighted by molar-refractivity contribution is 5.82. The zero-order chi connectivity index (χ0) is 18.0. The molecule has 0 saturated carbocycles. The maximum atomic E-state index is 12.1. The number of carbonyl (C=O) groups excluding carboxylic acids is 2. The lowest BCUT2D eigenvalue weighted by Crippen LogP contribution is -2.60. The molecule has 4 atom stereocenters. The van der Waals surface area contributed by atoms with Gasteiger partial charge in [-0.2, -0.15) is 26.3 Å². The van der Waals surface area contributed by atoms with Gasteiger partial charge in [-0.1, -0.05) is 0 Å². The fourth-order valence-electron chi connectivity index (χ4n) is 1.81. The second-order valence-electron chi connectivity index (χ2n) is 4.64. The van der Waals surface area contributed by atoms with Crippen molar-refractivity contribution in [3.05, 3.63) is 0 Å². The maximum absolute atomic E-state index is 12.1. The molecule has 0 aromatic rings. The van der Waals surface area contributed by atoms with E-state index in [1.165, 1.54) is 10.6 Å². The third kappa shape index (κ3) is 5.51. The van der Waals surface area contributed by atoms with E-state index in [4.69, 9.17) is 0 Å². The predicted octanol–water partition coefficient (Wildman–Crippen LogP) is -0.820. The normalized spacial score (nSPS) is 29.0. The van der Waals surface area contributed by atoms with Crippen molar-refractivity contribution in [1.82, 2.24) is 10.6 Å². The van der Waals surface area contributed by atoms with E-state index in [0.717, 1.165) is 0 Å². The van der Waals surface area contributed by atoms with Crippen LogP contribution in [0.3, 0.4) is 0 Å². The zero-order valence-corrected chi connectivity index (χ0v) is 11.1. The van der Waals surface area contributed by atoms with E-state index >= 15 is 0 Å². The van der Waals surface area contributed by atoms with Crippen LogP contribution in [-0.4, -0.2) is 65.5 Å². The standard InChI is InChI=1S/C10H12F6N2O5/c11-9(12,13)7(21)17-2-4-6(20)3(1-5(19)23-4)18-8(22)10(14,15)16/h3-6,19-20H,1-2H2,(H,17,21)(H,18,22)/t3-,4+,5+,6+/m1/s1. The van der Waals surface area contributed by atoms with E-state index in [2.05, 4.69) is 4.74 Å². The third-order valence-electron chi connectivity index (χ3n) is 2.88. The van der Waals surface area contributed by atoms with Crippen LogP contribution in [0.25, 0.3) is 0 Å². The van der Waals surface area contributed by atoms with Crippen molar-refractivity contribution in [2.75, 3.05) is 6.54 Å². The zero-order valence-electron chi connectivity index (χ0n) is 11.1. The van der Waals surface area contributed by atoms with Gasteiger partial charge in [0.1, 0.15) is 12.2 Å². The lowest BCUT2D eigenvalue weighted by atomic mass is 9.98. The van der Waals surface area contributed by atoms with Crippen LogP contribution in [0.5, 0.6) is 0 Å². The van der Waals surface area contributed by atoms with Crippen LogP contribution in [0.2, 0.25) is 0 Å². The smallest absolute Gasteiger partial charge is 0.388 e. The predicted molar refractivity (Wildman–Crippen MR) is 58.6 cm³/mol. The molecule has 0 bridgehead atoms. The van der Waals surface area contributed by atoms with Crippen molar-refractivity contribution in [2.24, 2.45) is 0 Å². The minimum atomic E-state index is -5.25. The molecule has 7 nitrogen and oxygen atoms in total. The molecule has 0 radical (unpaired) electrons. The Morgan fingerprint density at radius 2 is 1.57 bits per heavy atom. The van der Waals surface area contributed by atoms with E-state index in [9.17, 15) is 46.1 Å². The topological polar surface area (TPSA) is 108 Å². The molecule has 4 N–H and O–H groups in total. The van der Waals surface area contributed by atoms with Crippen molar-refractivity contribution >= 4 is 11.8 Å². The highest BCUT2D eigenvalue weighted by Crippen LogP contribution is 2.22. The number of ether oxygens (including phenoxy) is 1. The number of rotatable bonds is 3. The molecular weight excluding hydrogens is 342 g/mol. The summed E-state index contributed by atoms with van der Waals surface area (Å²) in [5.74, 6) is -4.75. The summed E-state index contributed by atoms with van der Waals surface area (Å²) >= 11 is 0. The van der Waals surface area contributed by atoms with Crippen LogP contribution in [0.15, 0.2) is 0 Å². The highest BCUT2D eigenvalue weighted by atomic mass is 19.4. The largest absolute Gasteiger partial charge is 0.471 e. The van der Waals surface area contributed by atoms with Crippen LogP contribution in [-0.2, 0) is 14.3 Å². The Bertz CT molecular complexity index is 454. The lowest BCUT2D eigenvalue weighted by molar-refractivity contribution is -0.212. The first-order valence-corrected chi connectivity index (χ1v) is 6.06. The van der Waals surface area contributed by atoms with Gasteiger partial charge < -0.3 is 25.6 Å². The number of carbonyl (C=O) groups is 2. The van der Waals surface area contributed by atoms with Crippen LogP contribution in [0.4, 0.5) is 26.3 Å². The van der Waals surface area contributed by atoms with Gasteiger partial charge in [0.2, 0.25) is 0 Å². The second kappa shape index (κ2) is 6.88. The first-order valence-electron chi connectivity index (χ1n) is 6.06. The fraction of sp³-hybridized carbons (Fsp3) is 0.800. The first-order chi connectivity index (χ1) is 10.3. The second-order valence-corrected chi connectivity index (χ2v) is 4.64. The van der Waals surface area contributed by atoms with Crippen LogP contribution in [0.1, 0.15) is 6.42 Å². The van der Waals surface area contributed by atoms with E-state index < -0.39 is 61.7 Å². The Balaban J connectivity index is 2.68. The van der Waals surface area contributed by atoms with E-state index in [-0.39, 0.29) is 0 Å². The van der Waals surface area contributed by atoms with Crippen molar-refractivity contribution in [1.29, 1.82) is 0 Å². The van der Waals surface area contributed by atoms with Gasteiger partial charge in [-0.05, 0) is 0 Å². The summed E-state index contributed by atoms with van der Waals surface area (Å²) in [6.07, 6.45) is -16.3. The van der Waals surface area contributed by atoms with Gasteiger partial charge in [-0.25, -0.2) is 0 Å². The van der Waals surface area contributed by atoms with E-state index in [0.29, 0.717) is 0 Å². The van der Waals surface area contributed by atoms with Crippen molar-refractivity contribution in [2.45, 2.75) is 43.3 Å². The number of aliphatic hydroxyl groups is 2. The number of alkyl halides is 6. The number of amides is 2. The third-order valence-corrected chi connectivity index (χ3v) is 2.88. The molecule has 134 valence electrons. The van der Waals surface area contributed by atoms with Gasteiger partial charge in [-0.3, -0.25) is 9.59 Å². The van der Waals surface area contributed by atoms with E-state index in [1.54, 1.807) is 0 Å². The molecule has 1 aliphatic heterocycles. The average Bonchev–Trinajstić information content (AvgIpc) is 2.38. The molecule has 1 heterocycles. The molecule has 1 fully saturated rings. The van der Waals surface area contributed by atoms with Crippen LogP contribution >= 0.6 is 0 Å². The first kappa shape index (κ1) is 19.4. The number of nitrogens with one attached hydrogen (secondary N) is 2. The summed E-state index contributed by atoms with van der Waals surface area (Å²) in [5.41, 5.74) is 0. The SMILES string of the molecule is O=C(NC[C@@H]1O[C@H](O)C[C@@H](NC(=O)C(F)(F)F)[C@@H]1O)C(F)(F)F.